The fraction of sp³-hybridized carbons (Fsp3) is 0.231. The van der Waals surface area contributed by atoms with Gasteiger partial charge in [-0.1, -0.05) is 23.9 Å². The highest BCUT2D eigenvalue weighted by Gasteiger charge is 2.15. The van der Waals surface area contributed by atoms with Crippen molar-refractivity contribution in [3.05, 3.63) is 28.7 Å². The maximum absolute atomic E-state index is 12.0. The van der Waals surface area contributed by atoms with Crippen LogP contribution in [-0.2, 0) is 9.59 Å². The molecule has 2 amide bonds. The van der Waals surface area contributed by atoms with Gasteiger partial charge in [-0.3, -0.25) is 9.59 Å². The average molecular weight is 399 g/mol. The van der Waals surface area contributed by atoms with Gasteiger partial charge < -0.3 is 16.0 Å². The third-order valence-electron chi connectivity index (χ3n) is 2.76. The van der Waals surface area contributed by atoms with Crippen molar-refractivity contribution in [2.75, 3.05) is 30.4 Å². The number of aromatic nitrogens is 3. The summed E-state index contributed by atoms with van der Waals surface area (Å²) in [6, 6.07) is 7.26. The molecule has 0 saturated heterocycles. The number of carbonyl (C=O) groups is 2. The van der Waals surface area contributed by atoms with Crippen molar-refractivity contribution in [2.45, 2.75) is 5.16 Å². The molecule has 0 fully saturated rings. The van der Waals surface area contributed by atoms with Crippen LogP contribution in [0.4, 0.5) is 11.6 Å². The summed E-state index contributed by atoms with van der Waals surface area (Å²) in [5.74, 6) is -0.169. The number of hydrogen-bond acceptors (Lipinski definition) is 6. The van der Waals surface area contributed by atoms with Crippen molar-refractivity contribution in [2.24, 2.45) is 0 Å². The number of H-pyrrole nitrogens is 1. The third-order valence-corrected chi connectivity index (χ3v) is 4.28. The minimum Gasteiger partial charge on any atom is -0.368 e. The first kappa shape index (κ1) is 17.3. The Balaban J connectivity index is 1.80. The molecular formula is C13H15BrN6O2S. The van der Waals surface area contributed by atoms with Gasteiger partial charge in [-0.05, 0) is 28.1 Å². The van der Waals surface area contributed by atoms with E-state index in [0.717, 1.165) is 16.2 Å². The van der Waals surface area contributed by atoms with E-state index in [2.05, 4.69) is 36.4 Å². The summed E-state index contributed by atoms with van der Waals surface area (Å²) in [5.41, 5.74) is 6.06. The smallest absolute Gasteiger partial charge is 0.244 e. The van der Waals surface area contributed by atoms with Gasteiger partial charge >= 0.3 is 0 Å². The second-order valence-electron chi connectivity index (χ2n) is 4.57. The van der Waals surface area contributed by atoms with Crippen molar-refractivity contribution < 1.29 is 9.59 Å². The van der Waals surface area contributed by atoms with E-state index in [9.17, 15) is 9.59 Å². The van der Waals surface area contributed by atoms with Crippen LogP contribution in [-0.4, -0.2) is 51.2 Å². The molecule has 122 valence electrons. The lowest BCUT2D eigenvalue weighted by Crippen LogP contribution is -2.36. The van der Waals surface area contributed by atoms with Crippen molar-refractivity contribution in [1.82, 2.24) is 20.1 Å². The fourth-order valence-corrected chi connectivity index (χ4v) is 2.75. The van der Waals surface area contributed by atoms with E-state index in [0.29, 0.717) is 10.8 Å². The normalized spacial score (nSPS) is 10.3. The molecule has 0 aliphatic carbocycles. The molecule has 2 aromatic rings. The van der Waals surface area contributed by atoms with Gasteiger partial charge in [0.05, 0.1) is 18.0 Å². The Morgan fingerprint density at radius 2 is 2.17 bits per heavy atom. The van der Waals surface area contributed by atoms with Crippen LogP contribution < -0.4 is 11.1 Å². The third kappa shape index (κ3) is 5.25. The zero-order valence-electron chi connectivity index (χ0n) is 12.2. The number of hydrogen-bond donors (Lipinski definition) is 3. The SMILES string of the molecule is CN(CC(=O)Nc1ccccc1Br)C(=O)CSc1n[nH]c(N)n1. The number of benzene rings is 1. The summed E-state index contributed by atoms with van der Waals surface area (Å²) in [4.78, 5) is 29.2. The molecule has 23 heavy (non-hydrogen) atoms. The lowest BCUT2D eigenvalue weighted by atomic mass is 10.3. The van der Waals surface area contributed by atoms with Crippen LogP contribution >= 0.6 is 27.7 Å². The predicted octanol–water partition coefficient (Wildman–Crippen LogP) is 1.34. The quantitative estimate of drug-likeness (QED) is 0.631. The van der Waals surface area contributed by atoms with Crippen LogP contribution in [0.1, 0.15) is 0 Å². The highest BCUT2D eigenvalue weighted by molar-refractivity contribution is 9.10. The Morgan fingerprint density at radius 3 is 2.83 bits per heavy atom. The standard InChI is InChI=1S/C13H15BrN6O2S/c1-20(11(22)7-23-13-17-12(15)18-19-13)6-10(21)16-9-5-3-2-4-8(9)14/h2-5H,6-7H2,1H3,(H,16,21)(H3,15,17,18,19). The van der Waals surface area contributed by atoms with Gasteiger partial charge in [0, 0.05) is 11.5 Å². The van der Waals surface area contributed by atoms with Crippen LogP contribution in [0.2, 0.25) is 0 Å². The Morgan fingerprint density at radius 1 is 1.43 bits per heavy atom. The second kappa shape index (κ2) is 7.97. The summed E-state index contributed by atoms with van der Waals surface area (Å²) < 4.78 is 0.778. The number of thioether (sulfide) groups is 1. The van der Waals surface area contributed by atoms with E-state index < -0.39 is 0 Å². The molecule has 1 aromatic carbocycles. The topological polar surface area (TPSA) is 117 Å². The number of para-hydroxylation sites is 1. The predicted molar refractivity (Wildman–Crippen MR) is 91.9 cm³/mol. The number of anilines is 2. The van der Waals surface area contributed by atoms with Crippen molar-refractivity contribution in [3.63, 3.8) is 0 Å². The summed E-state index contributed by atoms with van der Waals surface area (Å²) in [7, 11) is 1.56. The molecule has 2 rings (SSSR count). The van der Waals surface area contributed by atoms with Gasteiger partial charge in [0.25, 0.3) is 0 Å². The molecule has 0 bridgehead atoms. The molecule has 0 atom stereocenters. The molecule has 0 aliphatic heterocycles. The molecule has 0 aliphatic rings. The summed E-state index contributed by atoms with van der Waals surface area (Å²) in [6.45, 7) is -0.0448. The number of nitrogens with one attached hydrogen (secondary N) is 2. The minimum atomic E-state index is -0.278. The van der Waals surface area contributed by atoms with Gasteiger partial charge in [0.1, 0.15) is 0 Å². The number of halogens is 1. The van der Waals surface area contributed by atoms with Gasteiger partial charge in [0.15, 0.2) is 0 Å². The highest BCUT2D eigenvalue weighted by Crippen LogP contribution is 2.21. The van der Waals surface area contributed by atoms with Crippen molar-refractivity contribution in [3.8, 4) is 0 Å². The molecular weight excluding hydrogens is 384 g/mol. The molecule has 0 saturated carbocycles. The molecule has 10 heteroatoms. The van der Waals surface area contributed by atoms with Gasteiger partial charge in [-0.25, -0.2) is 5.10 Å². The lowest BCUT2D eigenvalue weighted by molar-refractivity contribution is -0.131. The van der Waals surface area contributed by atoms with Crippen molar-refractivity contribution >= 4 is 51.1 Å². The molecule has 0 radical (unpaired) electrons. The first-order valence-corrected chi connectivity index (χ1v) is 8.32. The Bertz CT molecular complexity index is 707. The summed E-state index contributed by atoms with van der Waals surface area (Å²) in [5, 5.41) is 9.44. The number of rotatable bonds is 6. The molecule has 0 spiro atoms. The van der Waals surface area contributed by atoms with E-state index in [4.69, 9.17) is 5.73 Å². The Labute approximate surface area is 145 Å². The van der Waals surface area contributed by atoms with Crippen LogP contribution in [0.3, 0.4) is 0 Å². The summed E-state index contributed by atoms with van der Waals surface area (Å²) in [6.07, 6.45) is 0. The number of nitrogens with two attached hydrogens (primary N) is 1. The van der Waals surface area contributed by atoms with Gasteiger partial charge in [-0.15, -0.1) is 5.10 Å². The number of nitrogens with zero attached hydrogens (tertiary/aromatic N) is 3. The number of nitrogen functional groups attached to an aromatic ring is 1. The van der Waals surface area contributed by atoms with Crippen LogP contribution in [0.25, 0.3) is 0 Å². The van der Waals surface area contributed by atoms with Gasteiger partial charge in [-0.2, -0.15) is 4.98 Å². The minimum absolute atomic E-state index is 0.0448. The van der Waals surface area contributed by atoms with E-state index in [1.165, 1.54) is 4.90 Å². The van der Waals surface area contributed by atoms with Crippen LogP contribution in [0.15, 0.2) is 33.9 Å². The molecule has 0 unspecified atom stereocenters. The van der Waals surface area contributed by atoms with E-state index in [1.54, 1.807) is 13.1 Å². The van der Waals surface area contributed by atoms with Crippen LogP contribution in [0, 0.1) is 0 Å². The van der Waals surface area contributed by atoms with E-state index in [1.807, 2.05) is 18.2 Å². The first-order valence-electron chi connectivity index (χ1n) is 6.54. The van der Waals surface area contributed by atoms with Crippen LogP contribution in [0.5, 0.6) is 0 Å². The molecule has 4 N–H and O–H groups in total. The number of carbonyl (C=O) groups excluding carboxylic acids is 2. The maximum atomic E-state index is 12.0. The Hall–Kier alpha value is -2.07. The molecule has 1 heterocycles. The zero-order valence-corrected chi connectivity index (χ0v) is 14.6. The number of likely N-dealkylation sites (N-methyl/N-ethyl adjacent to an activating group) is 1. The monoisotopic (exact) mass is 398 g/mol. The molecule has 8 nitrogen and oxygen atoms in total. The second-order valence-corrected chi connectivity index (χ2v) is 6.37. The molecule has 1 aromatic heterocycles. The fourth-order valence-electron chi connectivity index (χ4n) is 1.62. The first-order chi connectivity index (χ1) is 11.0. The summed E-state index contributed by atoms with van der Waals surface area (Å²) >= 11 is 4.49. The Kier molecular flexibility index (Phi) is 5.99. The largest absolute Gasteiger partial charge is 0.368 e. The number of amides is 2. The van der Waals surface area contributed by atoms with Crippen molar-refractivity contribution in [1.29, 1.82) is 0 Å². The highest BCUT2D eigenvalue weighted by atomic mass is 79.9. The number of aromatic amines is 1. The zero-order chi connectivity index (χ0) is 16.8. The maximum Gasteiger partial charge on any atom is 0.244 e. The average Bonchev–Trinajstić information content (AvgIpc) is 2.92. The van der Waals surface area contributed by atoms with E-state index in [-0.39, 0.29) is 30.1 Å². The van der Waals surface area contributed by atoms with Gasteiger partial charge in [0.2, 0.25) is 22.9 Å². The lowest BCUT2D eigenvalue weighted by Gasteiger charge is -2.16. The van der Waals surface area contributed by atoms with E-state index >= 15 is 0 Å².